The third-order valence-electron chi connectivity index (χ3n) is 3.43. The highest BCUT2D eigenvalue weighted by molar-refractivity contribution is 14.1. The van der Waals surface area contributed by atoms with Crippen LogP contribution in [0.4, 0.5) is 5.95 Å². The molecule has 1 saturated heterocycles. The summed E-state index contributed by atoms with van der Waals surface area (Å²) in [7, 11) is 0. The number of nitrogens with zero attached hydrogens (tertiary/aromatic N) is 3. The summed E-state index contributed by atoms with van der Waals surface area (Å²) in [6, 6.07) is 1.30. The first-order chi connectivity index (χ1) is 8.33. The maximum Gasteiger partial charge on any atom is 0.225 e. The number of rotatable bonds is 4. The van der Waals surface area contributed by atoms with Crippen LogP contribution in [0.15, 0.2) is 12.4 Å². The van der Waals surface area contributed by atoms with E-state index in [0.717, 1.165) is 22.6 Å². The second kappa shape index (κ2) is 5.06. The predicted octanol–water partition coefficient (Wildman–Crippen LogP) is 1.80. The van der Waals surface area contributed by atoms with Crippen LogP contribution >= 0.6 is 22.6 Å². The largest absolute Gasteiger partial charge is 0.336 e. The molecule has 2 fully saturated rings. The first-order valence-corrected chi connectivity index (χ1v) is 7.38. The van der Waals surface area contributed by atoms with E-state index < -0.39 is 0 Å². The maximum absolute atomic E-state index is 4.46. The van der Waals surface area contributed by atoms with Gasteiger partial charge < -0.3 is 10.2 Å². The first-order valence-electron chi connectivity index (χ1n) is 6.30. The highest BCUT2D eigenvalue weighted by atomic mass is 127. The van der Waals surface area contributed by atoms with Crippen molar-refractivity contribution in [2.45, 2.75) is 37.8 Å². The Labute approximate surface area is 115 Å². The Balaban J connectivity index is 1.72. The van der Waals surface area contributed by atoms with Gasteiger partial charge in [-0.15, -0.1) is 0 Å². The van der Waals surface area contributed by atoms with E-state index in [2.05, 4.69) is 42.8 Å². The molecule has 4 nitrogen and oxygen atoms in total. The summed E-state index contributed by atoms with van der Waals surface area (Å²) in [6.45, 7) is 2.22. The number of aromatic nitrogens is 2. The summed E-state index contributed by atoms with van der Waals surface area (Å²) in [5.41, 5.74) is 0. The monoisotopic (exact) mass is 344 g/mol. The zero-order valence-corrected chi connectivity index (χ0v) is 11.9. The van der Waals surface area contributed by atoms with Gasteiger partial charge in [-0.25, -0.2) is 9.97 Å². The molecule has 5 heteroatoms. The van der Waals surface area contributed by atoms with Gasteiger partial charge in [-0.1, -0.05) is 0 Å². The van der Waals surface area contributed by atoms with E-state index in [0.29, 0.717) is 12.1 Å². The average Bonchev–Trinajstić information content (AvgIpc) is 3.05. The van der Waals surface area contributed by atoms with Crippen LogP contribution in [-0.4, -0.2) is 35.1 Å². The topological polar surface area (TPSA) is 41.1 Å². The van der Waals surface area contributed by atoms with Gasteiger partial charge in [0.25, 0.3) is 0 Å². The zero-order chi connectivity index (χ0) is 11.7. The number of anilines is 1. The molecule has 1 atom stereocenters. The average molecular weight is 344 g/mol. The molecule has 1 aromatic rings. The highest BCUT2D eigenvalue weighted by Crippen LogP contribution is 2.30. The van der Waals surface area contributed by atoms with E-state index in [-0.39, 0.29) is 0 Å². The Hall–Kier alpha value is -0.430. The Bertz CT molecular complexity index is 371. The van der Waals surface area contributed by atoms with Crippen molar-refractivity contribution >= 4 is 28.5 Å². The van der Waals surface area contributed by atoms with Gasteiger partial charge in [-0.05, 0) is 54.8 Å². The zero-order valence-electron chi connectivity index (χ0n) is 9.77. The summed E-state index contributed by atoms with van der Waals surface area (Å²) in [5.74, 6) is 0.904. The standard InChI is InChI=1S/C12H17IN4/c13-9-6-15-12(16-7-9)17(11-3-4-11)8-10-2-1-5-14-10/h6-7,10-11,14H,1-5,8H2. The summed E-state index contributed by atoms with van der Waals surface area (Å²) in [6.07, 6.45) is 8.98. The molecular weight excluding hydrogens is 327 g/mol. The van der Waals surface area contributed by atoms with Crippen molar-refractivity contribution in [2.24, 2.45) is 0 Å². The lowest BCUT2D eigenvalue weighted by Crippen LogP contribution is -2.39. The van der Waals surface area contributed by atoms with Crippen LogP contribution in [0.2, 0.25) is 0 Å². The van der Waals surface area contributed by atoms with E-state index in [1.165, 1.54) is 25.7 Å². The Morgan fingerprint density at radius 2 is 2.06 bits per heavy atom. The fourth-order valence-corrected chi connectivity index (χ4v) is 2.66. The lowest BCUT2D eigenvalue weighted by molar-refractivity contribution is 0.571. The second-order valence-electron chi connectivity index (χ2n) is 4.88. The molecule has 0 aromatic carbocycles. The van der Waals surface area contributed by atoms with E-state index in [1.54, 1.807) is 0 Å². The SMILES string of the molecule is Ic1cnc(N(CC2CCCN2)C2CC2)nc1. The van der Waals surface area contributed by atoms with Crippen molar-refractivity contribution in [2.75, 3.05) is 18.0 Å². The Kier molecular flexibility index (Phi) is 3.46. The van der Waals surface area contributed by atoms with Crippen molar-refractivity contribution in [3.8, 4) is 0 Å². The minimum atomic E-state index is 0.624. The van der Waals surface area contributed by atoms with Crippen LogP contribution in [0.25, 0.3) is 0 Å². The molecule has 17 heavy (non-hydrogen) atoms. The molecule has 0 radical (unpaired) electrons. The fraction of sp³-hybridized carbons (Fsp3) is 0.667. The van der Waals surface area contributed by atoms with Crippen LogP contribution in [0.5, 0.6) is 0 Å². The molecule has 1 saturated carbocycles. The molecule has 92 valence electrons. The molecular formula is C12H17IN4. The molecule has 0 amide bonds. The first kappa shape index (κ1) is 11.6. The maximum atomic E-state index is 4.46. The third-order valence-corrected chi connectivity index (χ3v) is 3.99. The van der Waals surface area contributed by atoms with E-state index in [1.807, 2.05) is 12.4 Å². The summed E-state index contributed by atoms with van der Waals surface area (Å²) in [5, 5.41) is 3.55. The number of nitrogens with one attached hydrogen (secondary N) is 1. The second-order valence-corrected chi connectivity index (χ2v) is 6.12. The molecule has 1 unspecified atom stereocenters. The van der Waals surface area contributed by atoms with Crippen LogP contribution in [0.1, 0.15) is 25.7 Å². The molecule has 1 N–H and O–H groups in total. The van der Waals surface area contributed by atoms with Crippen LogP contribution in [0, 0.1) is 3.57 Å². The Morgan fingerprint density at radius 3 is 2.65 bits per heavy atom. The van der Waals surface area contributed by atoms with Gasteiger partial charge in [0.05, 0.1) is 0 Å². The van der Waals surface area contributed by atoms with E-state index in [9.17, 15) is 0 Å². The molecule has 3 rings (SSSR count). The van der Waals surface area contributed by atoms with Crippen molar-refractivity contribution in [1.29, 1.82) is 0 Å². The van der Waals surface area contributed by atoms with Crippen LogP contribution < -0.4 is 10.2 Å². The fourth-order valence-electron chi connectivity index (χ4n) is 2.38. The van der Waals surface area contributed by atoms with Gasteiger partial charge >= 0.3 is 0 Å². The molecule has 1 aromatic heterocycles. The molecule has 1 aliphatic heterocycles. The van der Waals surface area contributed by atoms with E-state index in [4.69, 9.17) is 0 Å². The molecule has 0 bridgehead atoms. The predicted molar refractivity (Wildman–Crippen MR) is 76.1 cm³/mol. The van der Waals surface area contributed by atoms with Crippen LogP contribution in [0.3, 0.4) is 0 Å². The summed E-state index contributed by atoms with van der Waals surface area (Å²) >= 11 is 2.25. The minimum absolute atomic E-state index is 0.624. The van der Waals surface area contributed by atoms with Gasteiger partial charge in [0.1, 0.15) is 0 Å². The number of hydrogen-bond acceptors (Lipinski definition) is 4. The third kappa shape index (κ3) is 2.88. The summed E-state index contributed by atoms with van der Waals surface area (Å²) in [4.78, 5) is 11.3. The lowest BCUT2D eigenvalue weighted by Gasteiger charge is -2.25. The lowest BCUT2D eigenvalue weighted by atomic mass is 10.2. The molecule has 2 aliphatic rings. The van der Waals surface area contributed by atoms with E-state index >= 15 is 0 Å². The normalized spacial score (nSPS) is 23.9. The van der Waals surface area contributed by atoms with Crippen molar-refractivity contribution in [3.63, 3.8) is 0 Å². The minimum Gasteiger partial charge on any atom is -0.336 e. The van der Waals surface area contributed by atoms with Gasteiger partial charge in [-0.2, -0.15) is 0 Å². The highest BCUT2D eigenvalue weighted by Gasteiger charge is 2.32. The van der Waals surface area contributed by atoms with Gasteiger partial charge in [-0.3, -0.25) is 0 Å². The quantitative estimate of drug-likeness (QED) is 0.846. The Morgan fingerprint density at radius 1 is 1.29 bits per heavy atom. The molecule has 1 aliphatic carbocycles. The van der Waals surface area contributed by atoms with Crippen molar-refractivity contribution in [1.82, 2.24) is 15.3 Å². The van der Waals surface area contributed by atoms with Gasteiger partial charge in [0, 0.05) is 34.6 Å². The van der Waals surface area contributed by atoms with Gasteiger partial charge in [0.15, 0.2) is 0 Å². The number of hydrogen-bond donors (Lipinski definition) is 1. The molecule has 0 spiro atoms. The summed E-state index contributed by atoms with van der Waals surface area (Å²) < 4.78 is 1.10. The van der Waals surface area contributed by atoms with Crippen LogP contribution in [-0.2, 0) is 0 Å². The molecule has 2 heterocycles. The van der Waals surface area contributed by atoms with Crippen molar-refractivity contribution < 1.29 is 0 Å². The van der Waals surface area contributed by atoms with Crippen molar-refractivity contribution in [3.05, 3.63) is 16.0 Å². The van der Waals surface area contributed by atoms with Gasteiger partial charge in [0.2, 0.25) is 5.95 Å². The number of halogens is 1. The smallest absolute Gasteiger partial charge is 0.225 e.